The molecule has 1 aliphatic rings. The van der Waals surface area contributed by atoms with Crippen molar-refractivity contribution in [3.63, 3.8) is 0 Å². The zero-order chi connectivity index (χ0) is 11.9. The van der Waals surface area contributed by atoms with Crippen molar-refractivity contribution in [3.8, 4) is 0 Å². The van der Waals surface area contributed by atoms with Crippen LogP contribution in [0.15, 0.2) is 0 Å². The van der Waals surface area contributed by atoms with Crippen LogP contribution in [0.1, 0.15) is 6.42 Å². The molecule has 1 heterocycles. The Kier molecular flexibility index (Phi) is 6.72. The second kappa shape index (κ2) is 7.53. The Labute approximate surface area is 103 Å². The maximum atomic E-state index is 10.9. The van der Waals surface area contributed by atoms with Gasteiger partial charge in [0.05, 0.1) is 5.75 Å². The van der Waals surface area contributed by atoms with Crippen LogP contribution in [0.4, 0.5) is 0 Å². The summed E-state index contributed by atoms with van der Waals surface area (Å²) in [5, 5.41) is 3.29. The lowest BCUT2D eigenvalue weighted by atomic mass is 10.4. The van der Waals surface area contributed by atoms with E-state index in [0.29, 0.717) is 12.2 Å². The maximum absolute atomic E-state index is 10.9. The minimum absolute atomic E-state index is 0.292. The van der Waals surface area contributed by atoms with E-state index < -0.39 is 9.84 Å². The molecule has 1 aliphatic heterocycles. The normalized spacial score (nSPS) is 18.8. The van der Waals surface area contributed by atoms with Crippen LogP contribution in [0.5, 0.6) is 0 Å². The Balaban J connectivity index is 1.91. The van der Waals surface area contributed by atoms with E-state index >= 15 is 0 Å². The van der Waals surface area contributed by atoms with Crippen molar-refractivity contribution >= 4 is 21.6 Å². The monoisotopic (exact) mass is 266 g/mol. The largest absolute Gasteiger partial charge is 0.315 e. The molecule has 4 nitrogen and oxygen atoms in total. The molecule has 0 radical (unpaired) electrons. The van der Waals surface area contributed by atoms with Gasteiger partial charge in [-0.25, -0.2) is 8.42 Å². The van der Waals surface area contributed by atoms with Gasteiger partial charge in [-0.3, -0.25) is 0 Å². The smallest absolute Gasteiger partial charge is 0.147 e. The number of thioether (sulfide) groups is 1. The minimum Gasteiger partial charge on any atom is -0.315 e. The van der Waals surface area contributed by atoms with Crippen LogP contribution in [-0.4, -0.2) is 69.6 Å². The Morgan fingerprint density at radius 2 is 1.94 bits per heavy atom. The van der Waals surface area contributed by atoms with Gasteiger partial charge in [0.1, 0.15) is 9.84 Å². The van der Waals surface area contributed by atoms with E-state index in [2.05, 4.69) is 10.2 Å². The fourth-order valence-electron chi connectivity index (χ4n) is 1.65. The summed E-state index contributed by atoms with van der Waals surface area (Å²) in [5.74, 6) is 2.78. The third-order valence-electron chi connectivity index (χ3n) is 2.58. The molecule has 0 aromatic rings. The van der Waals surface area contributed by atoms with Gasteiger partial charge in [0.2, 0.25) is 0 Å². The van der Waals surface area contributed by atoms with Crippen LogP contribution in [0, 0.1) is 0 Å². The quantitative estimate of drug-likeness (QED) is 0.660. The SMILES string of the molecule is CS(=O)(=O)CCCNCCN1CCSCC1. The van der Waals surface area contributed by atoms with E-state index in [9.17, 15) is 8.42 Å². The molecule has 1 rings (SSSR count). The Morgan fingerprint density at radius 1 is 1.25 bits per heavy atom. The van der Waals surface area contributed by atoms with Crippen molar-refractivity contribution in [2.45, 2.75) is 6.42 Å². The maximum Gasteiger partial charge on any atom is 0.147 e. The topological polar surface area (TPSA) is 49.4 Å². The highest BCUT2D eigenvalue weighted by Crippen LogP contribution is 2.07. The summed E-state index contributed by atoms with van der Waals surface area (Å²) < 4.78 is 21.7. The van der Waals surface area contributed by atoms with Gasteiger partial charge in [-0.05, 0) is 13.0 Å². The standard InChI is InChI=1S/C10H22N2O2S2/c1-16(13,14)10-2-3-11-4-5-12-6-8-15-9-7-12/h11H,2-10H2,1H3. The summed E-state index contributed by atoms with van der Waals surface area (Å²) in [6.07, 6.45) is 2.01. The molecule has 0 aromatic heterocycles. The van der Waals surface area contributed by atoms with E-state index in [1.54, 1.807) is 0 Å². The number of hydrogen-bond donors (Lipinski definition) is 1. The molecule has 1 fully saturated rings. The summed E-state index contributed by atoms with van der Waals surface area (Å²) in [7, 11) is -2.78. The fourth-order valence-corrected chi connectivity index (χ4v) is 3.29. The summed E-state index contributed by atoms with van der Waals surface area (Å²) in [6.45, 7) is 5.23. The van der Waals surface area contributed by atoms with E-state index in [4.69, 9.17) is 0 Å². The third-order valence-corrected chi connectivity index (χ3v) is 4.55. The molecule has 0 atom stereocenters. The van der Waals surface area contributed by atoms with E-state index in [-0.39, 0.29) is 0 Å². The first-order valence-electron chi connectivity index (χ1n) is 5.76. The molecule has 0 bridgehead atoms. The highest BCUT2D eigenvalue weighted by molar-refractivity contribution is 7.99. The number of rotatable bonds is 7. The van der Waals surface area contributed by atoms with Gasteiger partial charge in [-0.2, -0.15) is 11.8 Å². The second-order valence-electron chi connectivity index (χ2n) is 4.19. The summed E-state index contributed by atoms with van der Waals surface area (Å²) in [5.41, 5.74) is 0. The number of sulfone groups is 1. The van der Waals surface area contributed by atoms with Crippen molar-refractivity contribution in [2.24, 2.45) is 0 Å². The lowest BCUT2D eigenvalue weighted by Crippen LogP contribution is -2.38. The van der Waals surface area contributed by atoms with Crippen molar-refractivity contribution < 1.29 is 8.42 Å². The first-order chi connectivity index (χ1) is 7.58. The van der Waals surface area contributed by atoms with Gasteiger partial charge in [0.15, 0.2) is 0 Å². The number of nitrogens with zero attached hydrogens (tertiary/aromatic N) is 1. The predicted molar refractivity (Wildman–Crippen MR) is 71.0 cm³/mol. The summed E-state index contributed by atoms with van der Waals surface area (Å²) in [6, 6.07) is 0. The molecule has 96 valence electrons. The zero-order valence-corrected chi connectivity index (χ0v) is 11.6. The predicted octanol–water partition coefficient (Wildman–Crippen LogP) is 0.0595. The fraction of sp³-hybridized carbons (Fsp3) is 1.00. The Morgan fingerprint density at radius 3 is 2.56 bits per heavy atom. The number of nitrogens with one attached hydrogen (secondary N) is 1. The third kappa shape index (κ3) is 7.49. The van der Waals surface area contributed by atoms with E-state index in [1.807, 2.05) is 11.8 Å². The Hall–Kier alpha value is 0.220. The van der Waals surface area contributed by atoms with Crippen LogP contribution >= 0.6 is 11.8 Å². The van der Waals surface area contributed by atoms with Crippen LogP contribution in [0.2, 0.25) is 0 Å². The average Bonchev–Trinajstić information content (AvgIpc) is 2.23. The van der Waals surface area contributed by atoms with Gasteiger partial charge in [-0.1, -0.05) is 0 Å². The second-order valence-corrected chi connectivity index (χ2v) is 7.67. The van der Waals surface area contributed by atoms with Crippen molar-refractivity contribution in [3.05, 3.63) is 0 Å². The molecular formula is C10H22N2O2S2. The zero-order valence-electron chi connectivity index (χ0n) is 9.94. The highest BCUT2D eigenvalue weighted by Gasteiger charge is 2.08. The van der Waals surface area contributed by atoms with Crippen molar-refractivity contribution in [1.82, 2.24) is 10.2 Å². The Bertz CT molecular complexity index is 275. The summed E-state index contributed by atoms with van der Waals surface area (Å²) in [4.78, 5) is 2.46. The minimum atomic E-state index is -2.78. The average molecular weight is 266 g/mol. The van der Waals surface area contributed by atoms with Gasteiger partial charge in [-0.15, -0.1) is 0 Å². The molecule has 0 amide bonds. The highest BCUT2D eigenvalue weighted by atomic mass is 32.2. The molecule has 0 unspecified atom stereocenters. The lowest BCUT2D eigenvalue weighted by Gasteiger charge is -2.26. The molecule has 0 spiro atoms. The van der Waals surface area contributed by atoms with Crippen LogP contribution in [0.3, 0.4) is 0 Å². The van der Waals surface area contributed by atoms with Gasteiger partial charge in [0.25, 0.3) is 0 Å². The molecule has 1 N–H and O–H groups in total. The lowest BCUT2D eigenvalue weighted by molar-refractivity contribution is 0.301. The van der Waals surface area contributed by atoms with Crippen molar-refractivity contribution in [1.29, 1.82) is 0 Å². The first-order valence-corrected chi connectivity index (χ1v) is 8.98. The van der Waals surface area contributed by atoms with Gasteiger partial charge in [0, 0.05) is 43.9 Å². The van der Waals surface area contributed by atoms with Crippen LogP contribution < -0.4 is 5.32 Å². The van der Waals surface area contributed by atoms with Crippen molar-refractivity contribution in [2.75, 3.05) is 56.2 Å². The van der Waals surface area contributed by atoms with Crippen LogP contribution in [-0.2, 0) is 9.84 Å². The van der Waals surface area contributed by atoms with E-state index in [1.165, 1.54) is 30.9 Å². The number of hydrogen-bond acceptors (Lipinski definition) is 5. The molecule has 6 heteroatoms. The van der Waals surface area contributed by atoms with Gasteiger partial charge >= 0.3 is 0 Å². The van der Waals surface area contributed by atoms with Crippen LogP contribution in [0.25, 0.3) is 0 Å². The van der Waals surface area contributed by atoms with Gasteiger partial charge < -0.3 is 10.2 Å². The molecule has 0 saturated carbocycles. The molecule has 1 saturated heterocycles. The van der Waals surface area contributed by atoms with E-state index in [0.717, 1.165) is 19.6 Å². The molecule has 16 heavy (non-hydrogen) atoms. The molecule has 0 aliphatic carbocycles. The summed E-state index contributed by atoms with van der Waals surface area (Å²) >= 11 is 2.02. The molecule has 0 aromatic carbocycles. The first kappa shape index (κ1) is 14.3. The molecular weight excluding hydrogens is 244 g/mol.